The van der Waals surface area contributed by atoms with Gasteiger partial charge in [0.15, 0.2) is 5.56 Å². The predicted octanol–water partition coefficient (Wildman–Crippen LogP) is 1.56. The van der Waals surface area contributed by atoms with E-state index < -0.39 is 11.5 Å². The molecule has 0 aliphatic heterocycles. The van der Waals surface area contributed by atoms with E-state index in [1.54, 1.807) is 25.1 Å². The molecule has 1 aromatic carbocycles. The van der Waals surface area contributed by atoms with Gasteiger partial charge in [0.25, 0.3) is 5.56 Å². The van der Waals surface area contributed by atoms with Gasteiger partial charge >= 0.3 is 5.97 Å². The van der Waals surface area contributed by atoms with Crippen molar-refractivity contribution in [1.29, 1.82) is 0 Å². The molecule has 0 fully saturated rings. The molecular weight excluding hydrogens is 262 g/mol. The molecule has 0 amide bonds. The molecule has 1 aromatic heterocycles. The first-order chi connectivity index (χ1) is 9.60. The molecule has 1 heterocycles. The molecule has 2 aromatic rings. The summed E-state index contributed by atoms with van der Waals surface area (Å²) in [6, 6.07) is 5.12. The van der Waals surface area contributed by atoms with Crippen LogP contribution in [-0.2, 0) is 16.1 Å². The molecule has 2 rings (SSSR count). The van der Waals surface area contributed by atoms with Gasteiger partial charge in [-0.15, -0.1) is 0 Å². The fourth-order valence-electron chi connectivity index (χ4n) is 2.07. The molecular formula is C14H15NO5. The van der Waals surface area contributed by atoms with Crippen LogP contribution in [0, 0.1) is 0 Å². The summed E-state index contributed by atoms with van der Waals surface area (Å²) in [5.74, 6) is -1.23. The number of carbonyl (C=O) groups is 1. The van der Waals surface area contributed by atoms with Crippen molar-refractivity contribution in [1.82, 2.24) is 4.98 Å². The van der Waals surface area contributed by atoms with Gasteiger partial charge in [0.05, 0.1) is 18.7 Å². The van der Waals surface area contributed by atoms with Gasteiger partial charge in [-0.2, -0.15) is 0 Å². The van der Waals surface area contributed by atoms with Crippen molar-refractivity contribution >= 4 is 16.9 Å². The zero-order valence-corrected chi connectivity index (χ0v) is 11.2. The second-order valence-electron chi connectivity index (χ2n) is 4.17. The van der Waals surface area contributed by atoms with E-state index in [4.69, 9.17) is 9.47 Å². The van der Waals surface area contributed by atoms with Crippen LogP contribution in [0.1, 0.15) is 22.8 Å². The van der Waals surface area contributed by atoms with Gasteiger partial charge in [-0.25, -0.2) is 4.79 Å². The number of hydrogen-bond acceptors (Lipinski definition) is 5. The normalized spacial score (nSPS) is 10.7. The number of esters is 1. The van der Waals surface area contributed by atoms with Crippen LogP contribution in [0.3, 0.4) is 0 Å². The van der Waals surface area contributed by atoms with Crippen molar-refractivity contribution in [3.63, 3.8) is 0 Å². The average molecular weight is 277 g/mol. The van der Waals surface area contributed by atoms with E-state index in [2.05, 4.69) is 4.98 Å². The van der Waals surface area contributed by atoms with Crippen LogP contribution < -0.4 is 5.56 Å². The van der Waals surface area contributed by atoms with Gasteiger partial charge < -0.3 is 19.6 Å². The average Bonchev–Trinajstić information content (AvgIpc) is 2.39. The smallest absolute Gasteiger partial charge is 0.347 e. The lowest BCUT2D eigenvalue weighted by Crippen LogP contribution is -2.20. The summed E-state index contributed by atoms with van der Waals surface area (Å²) >= 11 is 0. The molecule has 6 heteroatoms. The zero-order chi connectivity index (χ0) is 14.7. The minimum Gasteiger partial charge on any atom is -0.506 e. The molecule has 20 heavy (non-hydrogen) atoms. The number of aromatic hydroxyl groups is 1. The lowest BCUT2D eigenvalue weighted by molar-refractivity contribution is 0.0521. The molecule has 0 aliphatic rings. The van der Waals surface area contributed by atoms with E-state index in [0.29, 0.717) is 16.5 Å². The number of carbonyl (C=O) groups excluding carboxylic acids is 1. The SMILES string of the molecule is CCOC(=O)c1c(O)c2c(COC)cccc2[nH]c1=O. The summed E-state index contributed by atoms with van der Waals surface area (Å²) < 4.78 is 9.84. The van der Waals surface area contributed by atoms with Gasteiger partial charge in [-0.05, 0) is 18.6 Å². The van der Waals surface area contributed by atoms with Crippen LogP contribution in [0.5, 0.6) is 5.75 Å². The van der Waals surface area contributed by atoms with E-state index in [1.807, 2.05) is 0 Å². The Morgan fingerprint density at radius 2 is 2.15 bits per heavy atom. The van der Waals surface area contributed by atoms with E-state index in [9.17, 15) is 14.7 Å². The van der Waals surface area contributed by atoms with Crippen LogP contribution in [0.15, 0.2) is 23.0 Å². The number of benzene rings is 1. The molecule has 0 spiro atoms. The Morgan fingerprint density at radius 3 is 2.80 bits per heavy atom. The maximum absolute atomic E-state index is 11.9. The highest BCUT2D eigenvalue weighted by atomic mass is 16.5. The second kappa shape index (κ2) is 5.75. The topological polar surface area (TPSA) is 88.6 Å². The number of aromatic nitrogens is 1. The number of methoxy groups -OCH3 is 1. The molecule has 2 N–H and O–H groups in total. The Bertz CT molecular complexity index is 705. The molecule has 0 bridgehead atoms. The van der Waals surface area contributed by atoms with Gasteiger partial charge in [-0.3, -0.25) is 4.79 Å². The quantitative estimate of drug-likeness (QED) is 0.828. The first kappa shape index (κ1) is 14.1. The van der Waals surface area contributed by atoms with Crippen molar-refractivity contribution in [2.45, 2.75) is 13.5 Å². The fourth-order valence-corrected chi connectivity index (χ4v) is 2.07. The van der Waals surface area contributed by atoms with Gasteiger partial charge in [-0.1, -0.05) is 12.1 Å². The monoisotopic (exact) mass is 277 g/mol. The zero-order valence-electron chi connectivity index (χ0n) is 11.2. The standard InChI is InChI=1S/C14H15NO5/c1-3-20-14(18)11-12(16)10-8(7-19-2)5-4-6-9(10)15-13(11)17/h4-6H,3,7H2,1-2H3,(H2,15,16,17). The lowest BCUT2D eigenvalue weighted by Gasteiger charge is -2.10. The van der Waals surface area contributed by atoms with E-state index in [1.165, 1.54) is 7.11 Å². The lowest BCUT2D eigenvalue weighted by atomic mass is 10.1. The number of rotatable bonds is 4. The summed E-state index contributed by atoms with van der Waals surface area (Å²) in [5.41, 5.74) is 0.0466. The van der Waals surface area contributed by atoms with Crippen molar-refractivity contribution in [3.8, 4) is 5.75 Å². The van der Waals surface area contributed by atoms with Gasteiger partial charge in [0, 0.05) is 12.5 Å². The summed E-state index contributed by atoms with van der Waals surface area (Å²) in [5, 5.41) is 10.6. The maximum atomic E-state index is 11.9. The minimum absolute atomic E-state index is 0.121. The largest absolute Gasteiger partial charge is 0.506 e. The van der Waals surface area contributed by atoms with Crippen molar-refractivity contribution < 1.29 is 19.4 Å². The summed E-state index contributed by atoms with van der Waals surface area (Å²) in [4.78, 5) is 26.2. The van der Waals surface area contributed by atoms with Crippen LogP contribution >= 0.6 is 0 Å². The van der Waals surface area contributed by atoms with Crippen LogP contribution in [-0.4, -0.2) is 29.8 Å². The number of aromatic amines is 1. The van der Waals surface area contributed by atoms with E-state index >= 15 is 0 Å². The number of fused-ring (bicyclic) bond motifs is 1. The van der Waals surface area contributed by atoms with Crippen LogP contribution in [0.2, 0.25) is 0 Å². The third-order valence-electron chi connectivity index (χ3n) is 2.88. The Hall–Kier alpha value is -2.34. The maximum Gasteiger partial charge on any atom is 0.347 e. The highest BCUT2D eigenvalue weighted by Crippen LogP contribution is 2.29. The molecule has 0 aliphatic carbocycles. The number of H-pyrrole nitrogens is 1. The molecule has 0 saturated heterocycles. The highest BCUT2D eigenvalue weighted by Gasteiger charge is 2.21. The number of pyridine rings is 1. The Morgan fingerprint density at radius 1 is 1.40 bits per heavy atom. The molecule has 6 nitrogen and oxygen atoms in total. The second-order valence-corrected chi connectivity index (χ2v) is 4.17. The first-order valence-corrected chi connectivity index (χ1v) is 6.13. The number of hydrogen-bond donors (Lipinski definition) is 2. The minimum atomic E-state index is -0.847. The van der Waals surface area contributed by atoms with Crippen molar-refractivity contribution in [2.24, 2.45) is 0 Å². The van der Waals surface area contributed by atoms with Gasteiger partial charge in [0.2, 0.25) is 0 Å². The molecule has 0 atom stereocenters. The third-order valence-corrected chi connectivity index (χ3v) is 2.88. The fraction of sp³-hybridized carbons (Fsp3) is 0.286. The molecule has 0 radical (unpaired) electrons. The Kier molecular flexibility index (Phi) is 4.05. The first-order valence-electron chi connectivity index (χ1n) is 6.13. The predicted molar refractivity (Wildman–Crippen MR) is 72.9 cm³/mol. The summed E-state index contributed by atoms with van der Waals surface area (Å²) in [6.07, 6.45) is 0. The van der Waals surface area contributed by atoms with E-state index in [-0.39, 0.29) is 24.5 Å². The molecule has 0 saturated carbocycles. The summed E-state index contributed by atoms with van der Waals surface area (Å²) in [6.45, 7) is 2.00. The van der Waals surface area contributed by atoms with Gasteiger partial charge in [0.1, 0.15) is 5.75 Å². The van der Waals surface area contributed by atoms with Crippen molar-refractivity contribution in [3.05, 3.63) is 39.7 Å². The Labute approximate surface area is 115 Å². The van der Waals surface area contributed by atoms with Crippen molar-refractivity contribution in [2.75, 3.05) is 13.7 Å². The van der Waals surface area contributed by atoms with E-state index in [0.717, 1.165) is 0 Å². The Balaban J connectivity index is 2.75. The number of ether oxygens (including phenoxy) is 2. The number of nitrogens with one attached hydrogen (secondary N) is 1. The summed E-state index contributed by atoms with van der Waals surface area (Å²) in [7, 11) is 1.52. The molecule has 0 unspecified atom stereocenters. The van der Waals surface area contributed by atoms with Crippen LogP contribution in [0.4, 0.5) is 0 Å². The van der Waals surface area contributed by atoms with Crippen LogP contribution in [0.25, 0.3) is 10.9 Å². The highest BCUT2D eigenvalue weighted by molar-refractivity contribution is 6.00. The third kappa shape index (κ3) is 2.37. The molecule has 106 valence electrons.